The highest BCUT2D eigenvalue weighted by molar-refractivity contribution is 7.10. The van der Waals surface area contributed by atoms with Gasteiger partial charge in [-0.1, -0.05) is 0 Å². The lowest BCUT2D eigenvalue weighted by atomic mass is 10.1. The number of halogens is 1. The molecule has 0 aromatic carbocycles. The predicted molar refractivity (Wildman–Crippen MR) is 76.4 cm³/mol. The lowest BCUT2D eigenvalue weighted by Crippen LogP contribution is -2.22. The number of carboxylic acid groups (broad SMARTS) is 1. The lowest BCUT2D eigenvalue weighted by Gasteiger charge is -2.23. The SMILES string of the molecule is O=C(O)c1cccnc1NCC1OCCc2sc(F)cc21. The van der Waals surface area contributed by atoms with Gasteiger partial charge in [0.15, 0.2) is 5.13 Å². The summed E-state index contributed by atoms with van der Waals surface area (Å²) in [6, 6.07) is 4.54. The second kappa shape index (κ2) is 5.79. The fourth-order valence-corrected chi connectivity index (χ4v) is 3.25. The van der Waals surface area contributed by atoms with Crippen LogP contribution in [0.25, 0.3) is 0 Å². The van der Waals surface area contributed by atoms with Gasteiger partial charge in [0.25, 0.3) is 0 Å². The topological polar surface area (TPSA) is 71.5 Å². The number of pyridine rings is 1. The number of carbonyl (C=O) groups is 1. The monoisotopic (exact) mass is 308 g/mol. The summed E-state index contributed by atoms with van der Waals surface area (Å²) in [5.74, 6) is -0.756. The van der Waals surface area contributed by atoms with Crippen molar-refractivity contribution in [2.75, 3.05) is 18.5 Å². The average molecular weight is 308 g/mol. The average Bonchev–Trinajstić information content (AvgIpc) is 2.86. The minimum Gasteiger partial charge on any atom is -0.478 e. The van der Waals surface area contributed by atoms with Gasteiger partial charge in [-0.3, -0.25) is 0 Å². The standard InChI is InChI=1S/C14H13FN2O3S/c15-12-6-9-10(20-5-3-11(9)21-12)7-17-13-8(14(18)19)2-1-4-16-13/h1-2,4,6,10H,3,5,7H2,(H,16,17)(H,18,19). The molecule has 0 radical (unpaired) electrons. The zero-order valence-electron chi connectivity index (χ0n) is 11.0. The number of aromatic carboxylic acids is 1. The summed E-state index contributed by atoms with van der Waals surface area (Å²) in [5, 5.41) is 11.9. The zero-order chi connectivity index (χ0) is 14.8. The summed E-state index contributed by atoms with van der Waals surface area (Å²) in [7, 11) is 0. The highest BCUT2D eigenvalue weighted by Crippen LogP contribution is 2.33. The Bertz CT molecular complexity index is 674. The van der Waals surface area contributed by atoms with Gasteiger partial charge in [0.1, 0.15) is 17.5 Å². The number of hydrogen-bond acceptors (Lipinski definition) is 5. The number of thiophene rings is 1. The van der Waals surface area contributed by atoms with Crippen LogP contribution in [0.4, 0.5) is 10.2 Å². The van der Waals surface area contributed by atoms with E-state index < -0.39 is 5.97 Å². The molecule has 7 heteroatoms. The van der Waals surface area contributed by atoms with Gasteiger partial charge in [-0.15, -0.1) is 11.3 Å². The van der Waals surface area contributed by atoms with E-state index in [9.17, 15) is 9.18 Å². The minimum atomic E-state index is -1.04. The number of aromatic nitrogens is 1. The molecule has 110 valence electrons. The molecule has 1 unspecified atom stereocenters. The molecule has 2 aromatic heterocycles. The zero-order valence-corrected chi connectivity index (χ0v) is 11.8. The summed E-state index contributed by atoms with van der Waals surface area (Å²) in [5.41, 5.74) is 0.939. The van der Waals surface area contributed by atoms with E-state index in [0.717, 1.165) is 21.8 Å². The summed E-state index contributed by atoms with van der Waals surface area (Å²) in [6.45, 7) is 0.883. The maximum absolute atomic E-state index is 13.3. The number of nitrogens with zero attached hydrogens (tertiary/aromatic N) is 1. The Kier molecular flexibility index (Phi) is 3.85. The lowest BCUT2D eigenvalue weighted by molar-refractivity contribution is 0.0524. The molecule has 0 aliphatic carbocycles. The van der Waals surface area contributed by atoms with Crippen LogP contribution in [0.1, 0.15) is 26.9 Å². The van der Waals surface area contributed by atoms with Crippen LogP contribution in [0, 0.1) is 5.13 Å². The van der Waals surface area contributed by atoms with Crippen LogP contribution in [-0.4, -0.2) is 29.2 Å². The fourth-order valence-electron chi connectivity index (χ4n) is 2.34. The molecule has 3 heterocycles. The van der Waals surface area contributed by atoms with E-state index in [0.29, 0.717) is 19.6 Å². The first-order chi connectivity index (χ1) is 10.1. The van der Waals surface area contributed by atoms with Crippen molar-refractivity contribution in [1.82, 2.24) is 4.98 Å². The second-order valence-corrected chi connectivity index (χ2v) is 5.71. The number of nitrogens with one attached hydrogen (secondary N) is 1. The molecule has 0 saturated carbocycles. The fraction of sp³-hybridized carbons (Fsp3) is 0.286. The molecule has 0 amide bonds. The van der Waals surface area contributed by atoms with Gasteiger partial charge >= 0.3 is 5.97 Å². The summed E-state index contributed by atoms with van der Waals surface area (Å²) in [6.07, 6.45) is 1.94. The molecule has 1 aliphatic rings. The molecule has 0 spiro atoms. The molecule has 21 heavy (non-hydrogen) atoms. The van der Waals surface area contributed by atoms with E-state index in [-0.39, 0.29) is 22.6 Å². The highest BCUT2D eigenvalue weighted by atomic mass is 32.1. The second-order valence-electron chi connectivity index (χ2n) is 4.62. The Hall–Kier alpha value is -1.99. The molecule has 2 N–H and O–H groups in total. The van der Waals surface area contributed by atoms with Crippen LogP contribution in [-0.2, 0) is 11.2 Å². The van der Waals surface area contributed by atoms with E-state index in [1.165, 1.54) is 18.3 Å². The molecule has 5 nitrogen and oxygen atoms in total. The molecule has 2 aromatic rings. The molecule has 0 fully saturated rings. The van der Waals surface area contributed by atoms with Crippen LogP contribution in [0.5, 0.6) is 0 Å². The number of fused-ring (bicyclic) bond motifs is 1. The van der Waals surface area contributed by atoms with E-state index in [2.05, 4.69) is 10.3 Å². The van der Waals surface area contributed by atoms with Gasteiger partial charge in [-0.05, 0) is 23.8 Å². The maximum Gasteiger partial charge on any atom is 0.339 e. The molecular formula is C14H13FN2O3S. The Morgan fingerprint density at radius 1 is 1.62 bits per heavy atom. The van der Waals surface area contributed by atoms with Crippen molar-refractivity contribution < 1.29 is 19.0 Å². The van der Waals surface area contributed by atoms with Crippen molar-refractivity contribution >= 4 is 23.1 Å². The van der Waals surface area contributed by atoms with E-state index >= 15 is 0 Å². The molecule has 3 rings (SSSR count). The number of hydrogen-bond donors (Lipinski definition) is 2. The minimum absolute atomic E-state index is 0.102. The van der Waals surface area contributed by atoms with Gasteiger partial charge in [0, 0.05) is 24.0 Å². The maximum atomic E-state index is 13.3. The smallest absolute Gasteiger partial charge is 0.339 e. The normalized spacial score (nSPS) is 17.3. The largest absolute Gasteiger partial charge is 0.478 e. The van der Waals surface area contributed by atoms with Gasteiger partial charge in [-0.25, -0.2) is 9.78 Å². The van der Waals surface area contributed by atoms with Crippen molar-refractivity contribution in [2.24, 2.45) is 0 Å². The van der Waals surface area contributed by atoms with Crippen molar-refractivity contribution in [3.63, 3.8) is 0 Å². The Morgan fingerprint density at radius 2 is 2.48 bits per heavy atom. The molecular weight excluding hydrogens is 295 g/mol. The molecule has 1 aliphatic heterocycles. The van der Waals surface area contributed by atoms with Gasteiger partial charge in [-0.2, -0.15) is 4.39 Å². The number of anilines is 1. The number of ether oxygens (including phenoxy) is 1. The molecule has 0 saturated heterocycles. The third kappa shape index (κ3) is 2.88. The highest BCUT2D eigenvalue weighted by Gasteiger charge is 2.24. The van der Waals surface area contributed by atoms with Crippen LogP contribution < -0.4 is 5.32 Å². The number of rotatable bonds is 4. The number of carboxylic acids is 1. The van der Waals surface area contributed by atoms with Crippen LogP contribution in [0.15, 0.2) is 24.4 Å². The van der Waals surface area contributed by atoms with Gasteiger partial charge < -0.3 is 15.2 Å². The van der Waals surface area contributed by atoms with Crippen molar-refractivity contribution in [3.8, 4) is 0 Å². The summed E-state index contributed by atoms with van der Waals surface area (Å²) >= 11 is 1.14. The van der Waals surface area contributed by atoms with Crippen LogP contribution in [0.3, 0.4) is 0 Å². The van der Waals surface area contributed by atoms with Crippen molar-refractivity contribution in [3.05, 3.63) is 45.5 Å². The summed E-state index contributed by atoms with van der Waals surface area (Å²) < 4.78 is 19.0. The van der Waals surface area contributed by atoms with Gasteiger partial charge in [0.05, 0.1) is 6.61 Å². The quantitative estimate of drug-likeness (QED) is 0.908. The van der Waals surface area contributed by atoms with E-state index in [1.807, 2.05) is 0 Å². The predicted octanol–water partition coefficient (Wildman–Crippen LogP) is 2.71. The Balaban J connectivity index is 1.76. The van der Waals surface area contributed by atoms with E-state index in [1.54, 1.807) is 6.07 Å². The van der Waals surface area contributed by atoms with Crippen LogP contribution >= 0.6 is 11.3 Å². The van der Waals surface area contributed by atoms with Crippen molar-refractivity contribution in [2.45, 2.75) is 12.5 Å². The van der Waals surface area contributed by atoms with Crippen LogP contribution in [0.2, 0.25) is 0 Å². The third-order valence-corrected chi connectivity index (χ3v) is 4.30. The summed E-state index contributed by atoms with van der Waals surface area (Å²) in [4.78, 5) is 16.1. The first-order valence-corrected chi connectivity index (χ1v) is 7.28. The Morgan fingerprint density at radius 3 is 3.29 bits per heavy atom. The first kappa shape index (κ1) is 14.0. The van der Waals surface area contributed by atoms with Crippen molar-refractivity contribution in [1.29, 1.82) is 0 Å². The Labute approximate surface area is 124 Å². The molecule has 0 bridgehead atoms. The third-order valence-electron chi connectivity index (χ3n) is 3.30. The molecule has 1 atom stereocenters. The van der Waals surface area contributed by atoms with E-state index in [4.69, 9.17) is 9.84 Å². The first-order valence-electron chi connectivity index (χ1n) is 6.47. The van der Waals surface area contributed by atoms with Gasteiger partial charge in [0.2, 0.25) is 0 Å².